The fourth-order valence-electron chi connectivity index (χ4n) is 8.68. The smallest absolute Gasteiger partial charge is 0.335 e. The second-order valence-electron chi connectivity index (χ2n) is 20.3. The lowest BCUT2D eigenvalue weighted by Gasteiger charge is -2.40. The van der Waals surface area contributed by atoms with Crippen LogP contribution < -0.4 is 0 Å². The molecule has 12 heteroatoms. The van der Waals surface area contributed by atoms with Crippen molar-refractivity contribution in [1.29, 1.82) is 0 Å². The lowest BCUT2D eigenvalue weighted by Crippen LogP contribution is -2.61. The zero-order valence-electron chi connectivity index (χ0n) is 47.3. The summed E-state index contributed by atoms with van der Waals surface area (Å²) in [4.78, 5) is 51.1. The summed E-state index contributed by atoms with van der Waals surface area (Å²) in [6.45, 7) is 5.83. The number of carboxylic acid groups (broad SMARTS) is 1. The van der Waals surface area contributed by atoms with Crippen molar-refractivity contribution in [1.82, 2.24) is 0 Å². The number of unbranched alkanes of at least 4 members (excludes halogenated alkanes) is 24. The largest absolute Gasteiger partial charge is 0.479 e. The van der Waals surface area contributed by atoms with E-state index in [2.05, 4.69) is 93.7 Å². The molecule has 0 aromatic rings. The van der Waals surface area contributed by atoms with Crippen molar-refractivity contribution >= 4 is 23.9 Å². The van der Waals surface area contributed by atoms with E-state index in [9.17, 15) is 34.5 Å². The Bertz CT molecular complexity index is 1580. The molecule has 6 atom stereocenters. The van der Waals surface area contributed by atoms with E-state index in [-0.39, 0.29) is 25.9 Å². The maximum absolute atomic E-state index is 13.1. The molecule has 12 nitrogen and oxygen atoms in total. The number of aliphatic hydroxyl groups excluding tert-OH is 2. The predicted molar refractivity (Wildman–Crippen MR) is 303 cm³/mol. The number of carbonyl (C=O) groups is 4. The van der Waals surface area contributed by atoms with E-state index >= 15 is 0 Å². The molecule has 0 amide bonds. The summed E-state index contributed by atoms with van der Waals surface area (Å²) in [5.74, 6) is -3.15. The second kappa shape index (κ2) is 50.9. The molecular formula is C63H106O12. The van der Waals surface area contributed by atoms with Crippen LogP contribution >= 0.6 is 0 Å². The van der Waals surface area contributed by atoms with Gasteiger partial charge in [0, 0.05) is 19.3 Å². The van der Waals surface area contributed by atoms with Gasteiger partial charge in [-0.25, -0.2) is 4.79 Å². The van der Waals surface area contributed by atoms with Gasteiger partial charge >= 0.3 is 23.9 Å². The molecule has 1 fully saturated rings. The highest BCUT2D eigenvalue weighted by Gasteiger charge is 2.50. The normalized spacial score (nSPS) is 18.7. The molecule has 0 spiro atoms. The number of rotatable bonds is 50. The van der Waals surface area contributed by atoms with Crippen LogP contribution in [-0.4, -0.2) is 89.2 Å². The number of esters is 3. The van der Waals surface area contributed by atoms with E-state index in [4.69, 9.17) is 23.7 Å². The molecule has 0 bridgehead atoms. The van der Waals surface area contributed by atoms with Crippen LogP contribution in [0.25, 0.3) is 0 Å². The highest BCUT2D eigenvalue weighted by atomic mass is 16.7. The summed E-state index contributed by atoms with van der Waals surface area (Å²) >= 11 is 0. The number of aliphatic carboxylic acids is 1. The van der Waals surface area contributed by atoms with Gasteiger partial charge in [0.25, 0.3) is 0 Å². The van der Waals surface area contributed by atoms with Crippen molar-refractivity contribution in [3.63, 3.8) is 0 Å². The van der Waals surface area contributed by atoms with Gasteiger partial charge in [0.15, 0.2) is 24.6 Å². The van der Waals surface area contributed by atoms with Crippen molar-refractivity contribution in [3.05, 3.63) is 72.9 Å². The summed E-state index contributed by atoms with van der Waals surface area (Å²) < 4.78 is 28.4. The monoisotopic (exact) mass is 1050 g/mol. The lowest BCUT2D eigenvalue weighted by molar-refractivity contribution is -0.301. The van der Waals surface area contributed by atoms with Gasteiger partial charge < -0.3 is 39.0 Å². The minimum absolute atomic E-state index is 0.0309. The van der Waals surface area contributed by atoms with Crippen molar-refractivity contribution < 1.29 is 58.2 Å². The zero-order valence-corrected chi connectivity index (χ0v) is 47.3. The first-order valence-electron chi connectivity index (χ1n) is 29.9. The molecule has 1 rings (SSSR count). The molecule has 430 valence electrons. The van der Waals surface area contributed by atoms with Crippen molar-refractivity contribution in [2.75, 3.05) is 13.2 Å². The third kappa shape index (κ3) is 41.0. The average Bonchev–Trinajstić information content (AvgIpc) is 3.39. The fourth-order valence-corrected chi connectivity index (χ4v) is 8.68. The molecular weight excluding hydrogens is 949 g/mol. The minimum Gasteiger partial charge on any atom is -0.479 e. The molecule has 1 aliphatic heterocycles. The van der Waals surface area contributed by atoms with E-state index in [1.165, 1.54) is 83.5 Å². The molecule has 0 aromatic heterocycles. The van der Waals surface area contributed by atoms with Gasteiger partial charge in [-0.2, -0.15) is 0 Å². The van der Waals surface area contributed by atoms with Gasteiger partial charge in [-0.1, -0.05) is 216 Å². The van der Waals surface area contributed by atoms with E-state index in [1.807, 2.05) is 0 Å². The number of carboxylic acids is 1. The topological polar surface area (TPSA) is 175 Å². The first-order valence-corrected chi connectivity index (χ1v) is 29.9. The first-order chi connectivity index (χ1) is 36.6. The van der Waals surface area contributed by atoms with Crippen LogP contribution in [0.4, 0.5) is 0 Å². The Balaban J connectivity index is 2.68. The maximum atomic E-state index is 13.1. The van der Waals surface area contributed by atoms with Crippen LogP contribution in [0.15, 0.2) is 72.9 Å². The number of hydrogen-bond acceptors (Lipinski definition) is 11. The Kier molecular flexibility index (Phi) is 47.0. The third-order valence-electron chi connectivity index (χ3n) is 13.3. The van der Waals surface area contributed by atoms with Crippen LogP contribution in [0.1, 0.15) is 252 Å². The maximum Gasteiger partial charge on any atom is 0.335 e. The summed E-state index contributed by atoms with van der Waals surface area (Å²) in [5.41, 5.74) is 0. The van der Waals surface area contributed by atoms with E-state index in [0.717, 1.165) is 109 Å². The Morgan fingerprint density at radius 2 is 0.840 bits per heavy atom. The van der Waals surface area contributed by atoms with Gasteiger partial charge in [-0.05, 0) is 89.9 Å². The van der Waals surface area contributed by atoms with E-state index < -0.39 is 67.3 Å². The molecule has 0 radical (unpaired) electrons. The summed E-state index contributed by atoms with van der Waals surface area (Å²) in [6.07, 6.45) is 51.5. The number of carbonyl (C=O) groups excluding carboxylic acids is 3. The predicted octanol–water partition coefficient (Wildman–Crippen LogP) is 15.3. The van der Waals surface area contributed by atoms with Gasteiger partial charge in [0.05, 0.1) is 6.61 Å². The second-order valence-corrected chi connectivity index (χ2v) is 20.3. The fraction of sp³-hybridized carbons (Fsp3) is 0.746. The highest BCUT2D eigenvalue weighted by Crippen LogP contribution is 2.26. The van der Waals surface area contributed by atoms with E-state index in [0.29, 0.717) is 19.3 Å². The molecule has 1 saturated heterocycles. The quantitative estimate of drug-likeness (QED) is 0.0228. The van der Waals surface area contributed by atoms with Gasteiger partial charge in [0.1, 0.15) is 18.8 Å². The van der Waals surface area contributed by atoms with Gasteiger partial charge in [-0.3, -0.25) is 14.4 Å². The summed E-state index contributed by atoms with van der Waals surface area (Å²) in [6, 6.07) is 0. The first kappa shape index (κ1) is 69.2. The van der Waals surface area contributed by atoms with Crippen molar-refractivity contribution in [2.24, 2.45) is 0 Å². The average molecular weight is 1060 g/mol. The van der Waals surface area contributed by atoms with Crippen LogP contribution in [0, 0.1) is 0 Å². The van der Waals surface area contributed by atoms with Gasteiger partial charge in [-0.15, -0.1) is 0 Å². The number of ether oxygens (including phenoxy) is 5. The summed E-state index contributed by atoms with van der Waals surface area (Å²) in [5, 5.41) is 31.5. The van der Waals surface area contributed by atoms with Crippen LogP contribution in [0.2, 0.25) is 0 Å². The minimum atomic E-state index is -1.91. The summed E-state index contributed by atoms with van der Waals surface area (Å²) in [7, 11) is 0. The van der Waals surface area contributed by atoms with Crippen molar-refractivity contribution in [3.8, 4) is 0 Å². The number of hydrogen-bond donors (Lipinski definition) is 3. The van der Waals surface area contributed by atoms with E-state index in [1.54, 1.807) is 0 Å². The Labute approximate surface area is 455 Å². The lowest BCUT2D eigenvalue weighted by atomic mass is 9.98. The molecule has 1 heterocycles. The van der Waals surface area contributed by atoms with Crippen molar-refractivity contribution in [2.45, 2.75) is 289 Å². The number of aliphatic hydroxyl groups is 2. The molecule has 0 aromatic carbocycles. The van der Waals surface area contributed by atoms with Gasteiger partial charge in [0.2, 0.25) is 0 Å². The van der Waals surface area contributed by atoms with Crippen LogP contribution in [-0.2, 0) is 42.9 Å². The molecule has 6 unspecified atom stereocenters. The zero-order chi connectivity index (χ0) is 54.7. The van der Waals surface area contributed by atoms with Crippen LogP contribution in [0.5, 0.6) is 0 Å². The SMILES string of the molecule is CC/C=C\C/C=C\C/C=C\C/C=C\CCCCCCC(=O)OC1C(OCC(COC(=O)CCCCCCCCC/C=C\C/C=C\CCCCC)OC(=O)CCCCCCCCCCCCC)OC(C(=O)O)C(O)C1O. The Morgan fingerprint density at radius 1 is 0.453 bits per heavy atom. The molecule has 1 aliphatic rings. The Hall–Kier alpha value is -3.84. The standard InChI is InChI=1S/C63H106O12/c1-4-7-10-13-16-19-22-24-26-28-30-32-35-37-40-43-46-49-55(64)71-52-54(73-56(65)50-47-44-41-38-34-21-18-15-12-9-6-3)53-72-63-61(59(68)58(67)60(75-63)62(69)70)74-57(66)51-48-45-42-39-36-33-31-29-27-25-23-20-17-14-11-8-5-2/h8,11,16-17,19-20,24-27,31,33,54,58-61,63,67-68H,4-7,9-10,12-15,18,21-23,28-30,32,34-53H2,1-3H3,(H,69,70)/b11-8-,19-16-,20-17-,26-24-,27-25-,33-31-. The molecule has 0 saturated carbocycles. The Morgan fingerprint density at radius 3 is 1.31 bits per heavy atom. The molecule has 75 heavy (non-hydrogen) atoms. The number of allylic oxidation sites excluding steroid dienone is 12. The van der Waals surface area contributed by atoms with Crippen LogP contribution in [0.3, 0.4) is 0 Å². The highest BCUT2D eigenvalue weighted by molar-refractivity contribution is 5.74. The third-order valence-corrected chi connectivity index (χ3v) is 13.3. The molecule has 3 N–H and O–H groups in total. The molecule has 0 aliphatic carbocycles.